The lowest BCUT2D eigenvalue weighted by Gasteiger charge is -2.42. The van der Waals surface area contributed by atoms with E-state index in [9.17, 15) is 4.79 Å². The highest BCUT2D eigenvalue weighted by Gasteiger charge is 2.36. The van der Waals surface area contributed by atoms with Crippen LogP contribution < -0.4 is 11.1 Å². The van der Waals surface area contributed by atoms with Gasteiger partial charge in [-0.3, -0.25) is 0 Å². The van der Waals surface area contributed by atoms with E-state index in [4.69, 9.17) is 15.2 Å². The van der Waals surface area contributed by atoms with Crippen LogP contribution >= 0.6 is 0 Å². The van der Waals surface area contributed by atoms with Crippen molar-refractivity contribution in [1.29, 1.82) is 0 Å². The molecule has 1 heterocycles. The second kappa shape index (κ2) is 7.56. The Hall–Kier alpha value is -0.850. The van der Waals surface area contributed by atoms with Crippen molar-refractivity contribution < 1.29 is 14.3 Å². The summed E-state index contributed by atoms with van der Waals surface area (Å²) in [5.41, 5.74) is 5.44. The van der Waals surface area contributed by atoms with E-state index < -0.39 is 0 Å². The first kappa shape index (κ1) is 15.2. The van der Waals surface area contributed by atoms with Crippen LogP contribution in [0.2, 0.25) is 0 Å². The number of rotatable bonds is 6. The fraction of sp³-hybridized carbons (Fsp3) is 0.917. The number of carbonyl (C=O) groups is 1. The van der Waals surface area contributed by atoms with Crippen LogP contribution in [0.15, 0.2) is 0 Å². The molecule has 0 saturated carbocycles. The minimum atomic E-state index is -0.369. The van der Waals surface area contributed by atoms with Gasteiger partial charge in [0, 0.05) is 26.7 Å². The standard InChI is InChI=1S/C12H25N3O3/c1-3-4-12(9-13)10-15(6-8-18-12)11(16)14-5-7-17-2/h3-10,13H2,1-2H3,(H,14,16). The molecule has 1 saturated heterocycles. The van der Waals surface area contributed by atoms with Crippen molar-refractivity contribution in [3.63, 3.8) is 0 Å². The number of carbonyl (C=O) groups excluding carboxylic acids is 1. The lowest BCUT2D eigenvalue weighted by atomic mass is 9.96. The van der Waals surface area contributed by atoms with Gasteiger partial charge in [-0.1, -0.05) is 13.3 Å². The van der Waals surface area contributed by atoms with Crippen molar-refractivity contribution >= 4 is 6.03 Å². The smallest absolute Gasteiger partial charge is 0.317 e. The van der Waals surface area contributed by atoms with Crippen molar-refractivity contribution in [2.24, 2.45) is 5.73 Å². The highest BCUT2D eigenvalue weighted by atomic mass is 16.5. The Labute approximate surface area is 109 Å². The van der Waals surface area contributed by atoms with Gasteiger partial charge in [-0.2, -0.15) is 0 Å². The second-order valence-corrected chi connectivity index (χ2v) is 4.63. The predicted molar refractivity (Wildman–Crippen MR) is 69.5 cm³/mol. The van der Waals surface area contributed by atoms with Crippen LogP contribution in [-0.4, -0.2) is 63.0 Å². The Bertz CT molecular complexity index is 259. The second-order valence-electron chi connectivity index (χ2n) is 4.63. The number of nitrogens with zero attached hydrogens (tertiary/aromatic N) is 1. The SMILES string of the molecule is CCCC1(CN)CN(C(=O)NCCOC)CCO1. The number of nitrogens with one attached hydrogen (secondary N) is 1. The van der Waals surface area contributed by atoms with E-state index in [1.54, 1.807) is 12.0 Å². The quantitative estimate of drug-likeness (QED) is 0.667. The summed E-state index contributed by atoms with van der Waals surface area (Å²) in [7, 11) is 1.61. The summed E-state index contributed by atoms with van der Waals surface area (Å²) in [6.07, 6.45) is 1.88. The summed E-state index contributed by atoms with van der Waals surface area (Å²) in [5.74, 6) is 0. The molecule has 1 fully saturated rings. The van der Waals surface area contributed by atoms with Crippen LogP contribution in [0.5, 0.6) is 0 Å². The molecule has 0 radical (unpaired) electrons. The third-order valence-corrected chi connectivity index (χ3v) is 3.20. The molecule has 1 unspecified atom stereocenters. The van der Waals surface area contributed by atoms with Crippen LogP contribution in [-0.2, 0) is 9.47 Å². The first-order valence-corrected chi connectivity index (χ1v) is 6.53. The van der Waals surface area contributed by atoms with Crippen molar-refractivity contribution in [3.05, 3.63) is 0 Å². The summed E-state index contributed by atoms with van der Waals surface area (Å²) in [5, 5.41) is 2.82. The Morgan fingerprint density at radius 3 is 3.00 bits per heavy atom. The van der Waals surface area contributed by atoms with Crippen molar-refractivity contribution in [2.45, 2.75) is 25.4 Å². The van der Waals surface area contributed by atoms with Crippen LogP contribution in [0, 0.1) is 0 Å². The van der Waals surface area contributed by atoms with E-state index in [2.05, 4.69) is 12.2 Å². The van der Waals surface area contributed by atoms with Gasteiger partial charge in [0.05, 0.1) is 25.4 Å². The maximum Gasteiger partial charge on any atom is 0.317 e. The van der Waals surface area contributed by atoms with E-state index in [0.29, 0.717) is 39.4 Å². The molecular formula is C12H25N3O3. The third kappa shape index (κ3) is 4.12. The van der Waals surface area contributed by atoms with Gasteiger partial charge >= 0.3 is 6.03 Å². The first-order chi connectivity index (χ1) is 8.67. The zero-order chi connectivity index (χ0) is 13.4. The lowest BCUT2D eigenvalue weighted by Crippen LogP contribution is -2.59. The summed E-state index contributed by atoms with van der Waals surface area (Å²) in [6, 6.07) is -0.0655. The molecule has 0 aromatic carbocycles. The highest BCUT2D eigenvalue weighted by molar-refractivity contribution is 5.74. The molecular weight excluding hydrogens is 234 g/mol. The van der Waals surface area contributed by atoms with E-state index in [1.165, 1.54) is 0 Å². The molecule has 2 amide bonds. The average Bonchev–Trinajstić information content (AvgIpc) is 2.39. The Morgan fingerprint density at radius 2 is 2.39 bits per heavy atom. The monoisotopic (exact) mass is 259 g/mol. The van der Waals surface area contributed by atoms with E-state index >= 15 is 0 Å². The number of hydrogen-bond donors (Lipinski definition) is 2. The number of hydrogen-bond acceptors (Lipinski definition) is 4. The largest absolute Gasteiger partial charge is 0.383 e. The van der Waals surface area contributed by atoms with Gasteiger partial charge in [0.1, 0.15) is 0 Å². The summed E-state index contributed by atoms with van der Waals surface area (Å²) < 4.78 is 10.7. The van der Waals surface area contributed by atoms with Crippen molar-refractivity contribution in [1.82, 2.24) is 10.2 Å². The van der Waals surface area contributed by atoms with Crippen LogP contribution in [0.3, 0.4) is 0 Å². The molecule has 6 nitrogen and oxygen atoms in total. The zero-order valence-electron chi connectivity index (χ0n) is 11.4. The maximum atomic E-state index is 11.9. The van der Waals surface area contributed by atoms with Crippen LogP contribution in [0.4, 0.5) is 4.79 Å². The topological polar surface area (TPSA) is 76.8 Å². The van der Waals surface area contributed by atoms with Crippen molar-refractivity contribution in [2.75, 3.05) is 46.5 Å². The van der Waals surface area contributed by atoms with E-state index in [0.717, 1.165) is 12.8 Å². The molecule has 1 aliphatic heterocycles. The van der Waals surface area contributed by atoms with Gasteiger partial charge in [0.2, 0.25) is 0 Å². The fourth-order valence-electron chi connectivity index (χ4n) is 2.22. The van der Waals surface area contributed by atoms with Crippen LogP contribution in [0.1, 0.15) is 19.8 Å². The summed E-state index contributed by atoms with van der Waals surface area (Å²) in [6.45, 7) is 5.32. The van der Waals surface area contributed by atoms with Gasteiger partial charge in [-0.25, -0.2) is 4.79 Å². The van der Waals surface area contributed by atoms with Crippen molar-refractivity contribution in [3.8, 4) is 0 Å². The molecule has 1 rings (SSSR count). The number of urea groups is 1. The molecule has 1 aliphatic rings. The molecule has 0 aliphatic carbocycles. The number of nitrogens with two attached hydrogens (primary N) is 1. The fourth-order valence-corrected chi connectivity index (χ4v) is 2.22. The van der Waals surface area contributed by atoms with Gasteiger partial charge in [0.15, 0.2) is 0 Å². The molecule has 0 spiro atoms. The Morgan fingerprint density at radius 1 is 1.61 bits per heavy atom. The molecule has 6 heteroatoms. The summed E-state index contributed by atoms with van der Waals surface area (Å²) in [4.78, 5) is 13.7. The molecule has 3 N–H and O–H groups in total. The lowest BCUT2D eigenvalue weighted by molar-refractivity contribution is -0.0960. The van der Waals surface area contributed by atoms with Crippen LogP contribution in [0.25, 0.3) is 0 Å². The molecule has 0 bridgehead atoms. The minimum Gasteiger partial charge on any atom is -0.383 e. The predicted octanol–water partition coefficient (Wildman–Crippen LogP) is 0.172. The number of amides is 2. The molecule has 0 aromatic rings. The average molecular weight is 259 g/mol. The van der Waals surface area contributed by atoms with E-state index in [1.807, 2.05) is 0 Å². The highest BCUT2D eigenvalue weighted by Crippen LogP contribution is 2.22. The van der Waals surface area contributed by atoms with Gasteiger partial charge in [-0.15, -0.1) is 0 Å². The molecule has 0 aromatic heterocycles. The van der Waals surface area contributed by atoms with Gasteiger partial charge in [0.25, 0.3) is 0 Å². The minimum absolute atomic E-state index is 0.0655. The number of methoxy groups -OCH3 is 1. The Balaban J connectivity index is 2.48. The normalized spacial score (nSPS) is 24.1. The van der Waals surface area contributed by atoms with E-state index in [-0.39, 0.29) is 11.6 Å². The van der Waals surface area contributed by atoms with Gasteiger partial charge in [-0.05, 0) is 6.42 Å². The molecule has 1 atom stereocenters. The summed E-state index contributed by atoms with van der Waals surface area (Å²) >= 11 is 0. The maximum absolute atomic E-state index is 11.9. The number of ether oxygens (including phenoxy) is 2. The van der Waals surface area contributed by atoms with Gasteiger partial charge < -0.3 is 25.4 Å². The number of morpholine rings is 1. The first-order valence-electron chi connectivity index (χ1n) is 6.53. The third-order valence-electron chi connectivity index (χ3n) is 3.20. The molecule has 106 valence electrons. The Kier molecular flexibility index (Phi) is 6.38. The zero-order valence-corrected chi connectivity index (χ0v) is 11.4. The molecule has 18 heavy (non-hydrogen) atoms.